The van der Waals surface area contributed by atoms with Gasteiger partial charge in [-0.3, -0.25) is 9.59 Å². The largest absolute Gasteiger partial charge is 0.868 e. The number of amides is 1. The van der Waals surface area contributed by atoms with Gasteiger partial charge in [0, 0.05) is 18.5 Å². The Hall–Kier alpha value is -3.42. The average Bonchev–Trinajstić information content (AvgIpc) is 3.09. The molecule has 33 heavy (non-hydrogen) atoms. The van der Waals surface area contributed by atoms with E-state index >= 15 is 0 Å². The maximum absolute atomic E-state index is 13.1. The second kappa shape index (κ2) is 10.5. The zero-order chi connectivity index (χ0) is 23.2. The molecule has 1 saturated heterocycles. The third-order valence-electron chi connectivity index (χ3n) is 6.12. The number of benzene rings is 2. The van der Waals surface area contributed by atoms with E-state index in [9.17, 15) is 19.8 Å². The molecule has 2 heterocycles. The van der Waals surface area contributed by atoms with Crippen LogP contribution >= 0.6 is 0 Å². The lowest BCUT2D eigenvalue weighted by molar-refractivity contribution is -0.908. The molecule has 1 fully saturated rings. The predicted octanol–water partition coefficient (Wildman–Crippen LogP) is 0.478. The number of phenolic OH excluding ortho intramolecular Hbond substituents is 1. The van der Waals surface area contributed by atoms with Crippen molar-refractivity contribution in [1.29, 1.82) is 0 Å². The van der Waals surface area contributed by atoms with Crippen molar-refractivity contribution in [3.63, 3.8) is 0 Å². The van der Waals surface area contributed by atoms with Crippen LogP contribution in [0.3, 0.4) is 0 Å². The average molecular weight is 449 g/mol. The number of hydrogen-bond donors (Lipinski definition) is 2. The van der Waals surface area contributed by atoms with Crippen LogP contribution in [0.2, 0.25) is 0 Å². The first-order valence-electron chi connectivity index (χ1n) is 11.2. The molecule has 0 aromatic heterocycles. The summed E-state index contributed by atoms with van der Waals surface area (Å²) < 4.78 is 5.39. The van der Waals surface area contributed by atoms with E-state index < -0.39 is 23.5 Å². The van der Waals surface area contributed by atoms with Crippen LogP contribution in [-0.4, -0.2) is 61.1 Å². The Balaban J connectivity index is 1.56. The maximum Gasteiger partial charge on any atom is 0.239 e. The highest BCUT2D eigenvalue weighted by Crippen LogP contribution is 2.37. The van der Waals surface area contributed by atoms with Gasteiger partial charge < -0.3 is 24.7 Å². The molecular formula is C26H28N2O5. The molecule has 2 aromatic carbocycles. The van der Waals surface area contributed by atoms with Gasteiger partial charge in [0.15, 0.2) is 5.78 Å². The highest BCUT2D eigenvalue weighted by atomic mass is 16.5. The molecule has 2 aromatic rings. The number of aromatic hydroxyl groups is 1. The van der Waals surface area contributed by atoms with Crippen molar-refractivity contribution in [3.05, 3.63) is 83.1 Å². The molecule has 0 bridgehead atoms. The molecule has 0 aliphatic carbocycles. The number of nitrogens with one attached hydrogen (secondary N) is 1. The van der Waals surface area contributed by atoms with Gasteiger partial charge in [0.2, 0.25) is 5.91 Å². The minimum Gasteiger partial charge on any atom is -0.868 e. The van der Waals surface area contributed by atoms with Crippen molar-refractivity contribution in [2.75, 3.05) is 39.4 Å². The molecule has 1 atom stereocenters. The Morgan fingerprint density at radius 1 is 1.12 bits per heavy atom. The summed E-state index contributed by atoms with van der Waals surface area (Å²) in [4.78, 5) is 28.9. The summed E-state index contributed by atoms with van der Waals surface area (Å²) in [5.74, 6) is -1.80. The van der Waals surface area contributed by atoms with Crippen LogP contribution < -0.4 is 10.0 Å². The fourth-order valence-electron chi connectivity index (χ4n) is 4.36. The van der Waals surface area contributed by atoms with Gasteiger partial charge >= 0.3 is 0 Å². The van der Waals surface area contributed by atoms with Crippen molar-refractivity contribution < 1.29 is 29.4 Å². The number of ketones is 1. The second-order valence-electron chi connectivity index (χ2n) is 8.31. The van der Waals surface area contributed by atoms with Gasteiger partial charge in [0.25, 0.3) is 0 Å². The standard InChI is InChI=1S/C26H28N2O5/c29-21-10-8-20(9-11-21)24-23(22(30)12-7-19-5-2-1-3-6-19)25(31)26(32)28(24)14-4-13-27-15-17-33-18-16-27/h1-3,5-12,24,29,31H,4,13-18H2. The molecule has 0 radical (unpaired) electrons. The number of quaternary nitrogens is 1. The number of rotatable bonds is 8. The number of carbonyl (C=O) groups excluding carboxylic acids is 2. The summed E-state index contributed by atoms with van der Waals surface area (Å²) >= 11 is 0. The Labute approximate surface area is 193 Å². The van der Waals surface area contributed by atoms with Crippen molar-refractivity contribution in [2.45, 2.75) is 12.5 Å². The van der Waals surface area contributed by atoms with Crippen molar-refractivity contribution in [1.82, 2.24) is 4.90 Å². The number of morpholine rings is 1. The summed E-state index contributed by atoms with van der Waals surface area (Å²) in [6.07, 6.45) is 3.71. The van der Waals surface area contributed by atoms with E-state index in [1.54, 1.807) is 18.2 Å². The van der Waals surface area contributed by atoms with E-state index in [2.05, 4.69) is 0 Å². The van der Waals surface area contributed by atoms with Gasteiger partial charge in [0.05, 0.1) is 25.8 Å². The van der Waals surface area contributed by atoms with Crippen LogP contribution in [0.25, 0.3) is 6.08 Å². The Morgan fingerprint density at radius 3 is 2.52 bits per heavy atom. The van der Waals surface area contributed by atoms with E-state index in [1.807, 2.05) is 30.3 Å². The minimum atomic E-state index is -0.766. The molecule has 1 amide bonds. The second-order valence-corrected chi connectivity index (χ2v) is 8.31. The van der Waals surface area contributed by atoms with E-state index in [0.29, 0.717) is 18.5 Å². The fraction of sp³-hybridized carbons (Fsp3) is 0.308. The summed E-state index contributed by atoms with van der Waals surface area (Å²) in [5, 5.41) is 22.6. The first kappa shape index (κ1) is 22.8. The van der Waals surface area contributed by atoms with Crippen molar-refractivity contribution in [3.8, 4) is 5.75 Å². The summed E-state index contributed by atoms with van der Waals surface area (Å²) in [5.41, 5.74) is 1.41. The number of allylic oxidation sites excluding steroid dienone is 1. The van der Waals surface area contributed by atoms with E-state index in [0.717, 1.165) is 38.4 Å². The van der Waals surface area contributed by atoms with Gasteiger partial charge in [-0.05, 0) is 35.1 Å². The molecule has 0 saturated carbocycles. The summed E-state index contributed by atoms with van der Waals surface area (Å²) in [6, 6.07) is 14.9. The van der Waals surface area contributed by atoms with Crippen molar-refractivity contribution >= 4 is 17.8 Å². The van der Waals surface area contributed by atoms with E-state index in [4.69, 9.17) is 4.74 Å². The van der Waals surface area contributed by atoms with Crippen LogP contribution in [0.4, 0.5) is 0 Å². The number of carbonyl (C=O) groups is 2. The van der Waals surface area contributed by atoms with Gasteiger partial charge in [-0.1, -0.05) is 48.5 Å². The maximum atomic E-state index is 13.1. The van der Waals surface area contributed by atoms with Crippen LogP contribution in [0.15, 0.2) is 72.0 Å². The first-order chi connectivity index (χ1) is 16.0. The van der Waals surface area contributed by atoms with E-state index in [1.165, 1.54) is 28.0 Å². The normalized spacial score (nSPS) is 19.6. The first-order valence-corrected chi connectivity index (χ1v) is 11.2. The Kier molecular flexibility index (Phi) is 7.22. The zero-order valence-electron chi connectivity index (χ0n) is 18.4. The SMILES string of the molecule is O=C(C=Cc1ccccc1)C1=C([O-])C(=O)N(CCC[NH+]2CCOCC2)C1c1ccc(O)cc1. The van der Waals surface area contributed by atoms with E-state index in [-0.39, 0.29) is 11.3 Å². The Bertz CT molecular complexity index is 1040. The molecule has 2 N–H and O–H groups in total. The molecule has 2 aliphatic heterocycles. The highest BCUT2D eigenvalue weighted by molar-refractivity contribution is 6.14. The quantitative estimate of drug-likeness (QED) is 0.573. The molecule has 2 aliphatic rings. The molecule has 172 valence electrons. The van der Waals surface area contributed by atoms with Crippen LogP contribution in [-0.2, 0) is 14.3 Å². The molecule has 1 unspecified atom stereocenters. The number of nitrogens with zero attached hydrogens (tertiary/aromatic N) is 1. The number of phenols is 1. The lowest BCUT2D eigenvalue weighted by Gasteiger charge is -2.29. The third-order valence-corrected chi connectivity index (χ3v) is 6.12. The topological polar surface area (TPSA) is 94.3 Å². The molecule has 7 heteroatoms. The summed E-state index contributed by atoms with van der Waals surface area (Å²) in [6.45, 7) is 4.54. The van der Waals surface area contributed by atoms with Crippen molar-refractivity contribution in [2.24, 2.45) is 0 Å². The smallest absolute Gasteiger partial charge is 0.239 e. The summed E-state index contributed by atoms with van der Waals surface area (Å²) in [7, 11) is 0. The fourth-order valence-corrected chi connectivity index (χ4v) is 4.36. The van der Waals surface area contributed by atoms with Gasteiger partial charge in [-0.25, -0.2) is 0 Å². The zero-order valence-corrected chi connectivity index (χ0v) is 18.4. The molecule has 7 nitrogen and oxygen atoms in total. The minimum absolute atomic E-state index is 0.0448. The Morgan fingerprint density at radius 2 is 1.82 bits per heavy atom. The van der Waals surface area contributed by atoms with Crippen LogP contribution in [0.5, 0.6) is 5.75 Å². The number of hydrogen-bond acceptors (Lipinski definition) is 5. The molecule has 4 rings (SSSR count). The predicted molar refractivity (Wildman–Crippen MR) is 121 cm³/mol. The van der Waals surface area contributed by atoms with Crippen LogP contribution in [0.1, 0.15) is 23.6 Å². The third kappa shape index (κ3) is 5.32. The molecular weight excluding hydrogens is 420 g/mol. The molecule has 0 spiro atoms. The lowest BCUT2D eigenvalue weighted by Crippen LogP contribution is -3.14. The lowest BCUT2D eigenvalue weighted by atomic mass is 9.95. The van der Waals surface area contributed by atoms with Gasteiger partial charge in [-0.15, -0.1) is 0 Å². The number of ether oxygens (including phenoxy) is 1. The monoisotopic (exact) mass is 448 g/mol. The van der Waals surface area contributed by atoms with Crippen LogP contribution in [0, 0.1) is 0 Å². The highest BCUT2D eigenvalue weighted by Gasteiger charge is 2.38. The van der Waals surface area contributed by atoms with Gasteiger partial charge in [0.1, 0.15) is 18.8 Å². The van der Waals surface area contributed by atoms with Gasteiger partial charge in [-0.2, -0.15) is 0 Å².